The fraction of sp³-hybridized carbons (Fsp3) is 0.480. The van der Waals surface area contributed by atoms with Crippen LogP contribution in [0.5, 0.6) is 23.0 Å². The maximum absolute atomic E-state index is 12.3. The van der Waals surface area contributed by atoms with Crippen molar-refractivity contribution < 1.29 is 28.5 Å². The van der Waals surface area contributed by atoms with Crippen LogP contribution in [0.3, 0.4) is 0 Å². The van der Waals surface area contributed by atoms with Crippen molar-refractivity contribution in [2.45, 2.75) is 38.5 Å². The number of nitrogens with one attached hydrogen (secondary N) is 1. The average Bonchev–Trinajstić information content (AvgIpc) is 2.83. The van der Waals surface area contributed by atoms with Gasteiger partial charge < -0.3 is 29.0 Å². The molecule has 7 nitrogen and oxygen atoms in total. The predicted octanol–water partition coefficient (Wildman–Crippen LogP) is 4.82. The Morgan fingerprint density at radius 3 is 2.22 bits per heavy atom. The molecule has 2 rings (SSSR count). The highest BCUT2D eigenvalue weighted by Crippen LogP contribution is 2.40. The summed E-state index contributed by atoms with van der Waals surface area (Å²) in [5, 5.41) is 3.44. The van der Waals surface area contributed by atoms with Crippen LogP contribution in [-0.4, -0.2) is 48.1 Å². The molecule has 0 spiro atoms. The Morgan fingerprint density at radius 2 is 1.62 bits per heavy atom. The molecule has 2 aromatic rings. The number of carbonyl (C=O) groups excluding carboxylic acids is 1. The topological polar surface area (TPSA) is 75.3 Å². The molecular formula is C25H35NO6. The van der Waals surface area contributed by atoms with Crippen molar-refractivity contribution in [1.29, 1.82) is 0 Å². The Kier molecular flexibility index (Phi) is 9.98. The Labute approximate surface area is 191 Å². The van der Waals surface area contributed by atoms with Gasteiger partial charge in [0.15, 0.2) is 23.0 Å². The molecule has 0 aliphatic rings. The molecule has 0 radical (unpaired) electrons. The molecule has 176 valence electrons. The van der Waals surface area contributed by atoms with Crippen LogP contribution in [0.4, 0.5) is 5.69 Å². The van der Waals surface area contributed by atoms with E-state index in [9.17, 15) is 4.79 Å². The highest BCUT2D eigenvalue weighted by Gasteiger charge is 2.24. The first-order valence-electron chi connectivity index (χ1n) is 10.8. The van der Waals surface area contributed by atoms with Crippen LogP contribution in [-0.2, 0) is 16.0 Å². The summed E-state index contributed by atoms with van der Waals surface area (Å²) in [6, 6.07) is 9.76. The lowest BCUT2D eigenvalue weighted by Crippen LogP contribution is -2.15. The second-order valence-electron chi connectivity index (χ2n) is 7.39. The van der Waals surface area contributed by atoms with Crippen molar-refractivity contribution in [2.75, 3.05) is 47.4 Å². The molecule has 0 saturated heterocycles. The van der Waals surface area contributed by atoms with Crippen molar-refractivity contribution in [2.24, 2.45) is 0 Å². The minimum Gasteiger partial charge on any atom is -0.493 e. The SMILES string of the molecule is CCCC(C(=O)OC)c1cc(NCCCc2ccc(OC)c(OC)c2)c(OC)c(OC)c1. The van der Waals surface area contributed by atoms with Gasteiger partial charge in [-0.1, -0.05) is 19.4 Å². The molecule has 0 saturated carbocycles. The molecule has 1 N–H and O–H groups in total. The molecule has 0 heterocycles. The van der Waals surface area contributed by atoms with Crippen molar-refractivity contribution in [1.82, 2.24) is 0 Å². The van der Waals surface area contributed by atoms with Gasteiger partial charge in [-0.2, -0.15) is 0 Å². The zero-order valence-corrected chi connectivity index (χ0v) is 19.9. The summed E-state index contributed by atoms with van der Waals surface area (Å²) in [6.07, 6.45) is 3.32. The summed E-state index contributed by atoms with van der Waals surface area (Å²) in [7, 11) is 7.88. The number of ether oxygens (including phenoxy) is 5. The molecule has 0 amide bonds. The normalized spacial score (nSPS) is 11.4. The number of esters is 1. The highest BCUT2D eigenvalue weighted by molar-refractivity contribution is 5.80. The van der Waals surface area contributed by atoms with E-state index in [4.69, 9.17) is 23.7 Å². The van der Waals surface area contributed by atoms with Crippen LogP contribution < -0.4 is 24.3 Å². The van der Waals surface area contributed by atoms with Gasteiger partial charge in [0.25, 0.3) is 0 Å². The van der Waals surface area contributed by atoms with E-state index in [0.717, 1.165) is 47.6 Å². The molecule has 0 aliphatic carbocycles. The first-order valence-corrected chi connectivity index (χ1v) is 10.8. The van der Waals surface area contributed by atoms with Crippen LogP contribution in [0.15, 0.2) is 30.3 Å². The van der Waals surface area contributed by atoms with Gasteiger partial charge in [0.1, 0.15) is 0 Å². The minimum atomic E-state index is -0.350. The second-order valence-corrected chi connectivity index (χ2v) is 7.39. The van der Waals surface area contributed by atoms with Gasteiger partial charge in [-0.3, -0.25) is 4.79 Å². The minimum absolute atomic E-state index is 0.251. The van der Waals surface area contributed by atoms with Crippen LogP contribution >= 0.6 is 0 Å². The molecule has 0 fully saturated rings. The van der Waals surface area contributed by atoms with Crippen LogP contribution in [0, 0.1) is 0 Å². The number of methoxy groups -OCH3 is 5. The third kappa shape index (κ3) is 6.22. The van der Waals surface area contributed by atoms with E-state index < -0.39 is 0 Å². The summed E-state index contributed by atoms with van der Waals surface area (Å²) in [6.45, 7) is 2.76. The quantitative estimate of drug-likeness (QED) is 0.350. The lowest BCUT2D eigenvalue weighted by Gasteiger charge is -2.20. The van der Waals surface area contributed by atoms with E-state index in [2.05, 4.69) is 5.32 Å². The Morgan fingerprint density at radius 1 is 0.906 bits per heavy atom. The van der Waals surface area contributed by atoms with E-state index in [0.29, 0.717) is 24.5 Å². The zero-order valence-electron chi connectivity index (χ0n) is 19.9. The Balaban J connectivity index is 2.16. The highest BCUT2D eigenvalue weighted by atomic mass is 16.5. The largest absolute Gasteiger partial charge is 0.493 e. The van der Waals surface area contributed by atoms with Gasteiger partial charge in [0.05, 0.1) is 47.2 Å². The van der Waals surface area contributed by atoms with Gasteiger partial charge in [-0.25, -0.2) is 0 Å². The number of hydrogen-bond acceptors (Lipinski definition) is 7. The number of hydrogen-bond donors (Lipinski definition) is 1. The van der Waals surface area contributed by atoms with Gasteiger partial charge in [-0.15, -0.1) is 0 Å². The van der Waals surface area contributed by atoms with Gasteiger partial charge in [0, 0.05) is 6.54 Å². The van der Waals surface area contributed by atoms with Crippen molar-refractivity contribution >= 4 is 11.7 Å². The van der Waals surface area contributed by atoms with Crippen molar-refractivity contribution in [3.8, 4) is 23.0 Å². The molecule has 2 aromatic carbocycles. The van der Waals surface area contributed by atoms with Crippen molar-refractivity contribution in [3.05, 3.63) is 41.5 Å². The molecule has 7 heteroatoms. The summed E-state index contributed by atoms with van der Waals surface area (Å²) in [5.74, 6) is 2.03. The second kappa shape index (κ2) is 12.7. The van der Waals surface area contributed by atoms with Gasteiger partial charge in [0.2, 0.25) is 0 Å². The van der Waals surface area contributed by atoms with Crippen LogP contribution in [0.25, 0.3) is 0 Å². The summed E-state index contributed by atoms with van der Waals surface area (Å²) < 4.78 is 26.8. The lowest BCUT2D eigenvalue weighted by atomic mass is 9.93. The van der Waals surface area contributed by atoms with E-state index >= 15 is 0 Å². The Bertz CT molecular complexity index is 883. The average molecular weight is 446 g/mol. The molecule has 32 heavy (non-hydrogen) atoms. The number of benzene rings is 2. The molecule has 0 aliphatic heterocycles. The number of carbonyl (C=O) groups is 1. The van der Waals surface area contributed by atoms with E-state index in [1.807, 2.05) is 37.3 Å². The summed E-state index contributed by atoms with van der Waals surface area (Å²) >= 11 is 0. The van der Waals surface area contributed by atoms with Crippen LogP contribution in [0.2, 0.25) is 0 Å². The smallest absolute Gasteiger partial charge is 0.313 e. The number of anilines is 1. The van der Waals surface area contributed by atoms with E-state index in [-0.39, 0.29) is 11.9 Å². The molecule has 1 atom stereocenters. The standard InChI is InChI=1S/C25H35NO6/c1-7-9-19(25(27)32-6)18-15-20(24(31-5)23(16-18)30-4)26-13-8-10-17-11-12-21(28-2)22(14-17)29-3/h11-12,14-16,19,26H,7-10,13H2,1-6H3. The zero-order chi connectivity index (χ0) is 23.5. The van der Waals surface area contributed by atoms with Crippen LogP contribution in [0.1, 0.15) is 43.2 Å². The van der Waals surface area contributed by atoms with Gasteiger partial charge in [-0.05, 0) is 54.7 Å². The van der Waals surface area contributed by atoms with Gasteiger partial charge >= 0.3 is 5.97 Å². The first kappa shape index (κ1) is 25.2. The molecular weight excluding hydrogens is 410 g/mol. The fourth-order valence-corrected chi connectivity index (χ4v) is 3.72. The van der Waals surface area contributed by atoms with E-state index in [1.54, 1.807) is 28.4 Å². The molecule has 0 bridgehead atoms. The third-order valence-corrected chi connectivity index (χ3v) is 5.37. The molecule has 1 unspecified atom stereocenters. The number of aryl methyl sites for hydroxylation is 1. The maximum atomic E-state index is 12.3. The first-order chi connectivity index (χ1) is 15.5. The molecule has 0 aromatic heterocycles. The predicted molar refractivity (Wildman–Crippen MR) is 126 cm³/mol. The summed E-state index contributed by atoms with van der Waals surface area (Å²) in [4.78, 5) is 12.3. The number of rotatable bonds is 13. The van der Waals surface area contributed by atoms with Crippen molar-refractivity contribution in [3.63, 3.8) is 0 Å². The fourth-order valence-electron chi connectivity index (χ4n) is 3.72. The lowest BCUT2D eigenvalue weighted by molar-refractivity contribution is -0.142. The Hall–Kier alpha value is -3.09. The van der Waals surface area contributed by atoms with E-state index in [1.165, 1.54) is 7.11 Å². The third-order valence-electron chi connectivity index (χ3n) is 5.37. The maximum Gasteiger partial charge on any atom is 0.313 e. The monoisotopic (exact) mass is 445 g/mol. The summed E-state index contributed by atoms with van der Waals surface area (Å²) in [5.41, 5.74) is 2.80.